The molecule has 0 bridgehead atoms. The topological polar surface area (TPSA) is 59.1 Å². The fraction of sp³-hybridized carbons (Fsp3) is 0.692. The van der Waals surface area contributed by atoms with Gasteiger partial charge in [0.05, 0.1) is 0 Å². The van der Waals surface area contributed by atoms with Gasteiger partial charge in [0.1, 0.15) is 5.82 Å². The summed E-state index contributed by atoms with van der Waals surface area (Å²) in [6, 6.07) is 1.91. The van der Waals surface area contributed by atoms with Crippen molar-refractivity contribution in [2.75, 3.05) is 36.9 Å². The van der Waals surface area contributed by atoms with Crippen LogP contribution in [0.2, 0.25) is 0 Å². The number of nitrogens with one attached hydrogen (secondary N) is 2. The van der Waals surface area contributed by atoms with Crippen LogP contribution in [0, 0.1) is 5.92 Å². The van der Waals surface area contributed by atoms with E-state index in [-0.39, 0.29) is 0 Å². The summed E-state index contributed by atoms with van der Waals surface area (Å²) in [6.07, 6.45) is 5.19. The molecule has 0 aromatic carbocycles. The van der Waals surface area contributed by atoms with Crippen molar-refractivity contribution in [3.63, 3.8) is 0 Å². The molecule has 5 nitrogen and oxygen atoms in total. The van der Waals surface area contributed by atoms with Gasteiger partial charge < -0.3 is 15.4 Å². The minimum Gasteiger partial charge on any atom is -0.381 e. The molecule has 1 aromatic rings. The molecular weight excluding hydrogens is 228 g/mol. The van der Waals surface area contributed by atoms with Crippen molar-refractivity contribution in [3.05, 3.63) is 12.3 Å². The highest BCUT2D eigenvalue weighted by Gasteiger charge is 2.14. The second-order valence-electron chi connectivity index (χ2n) is 4.64. The molecule has 2 heterocycles. The molecule has 1 atom stereocenters. The van der Waals surface area contributed by atoms with E-state index in [9.17, 15) is 0 Å². The number of aromatic nitrogens is 2. The lowest BCUT2D eigenvalue weighted by atomic mass is 10.1. The van der Waals surface area contributed by atoms with E-state index in [1.165, 1.54) is 6.42 Å². The van der Waals surface area contributed by atoms with Gasteiger partial charge in [-0.05, 0) is 31.2 Å². The van der Waals surface area contributed by atoms with Crippen LogP contribution in [0.4, 0.5) is 11.8 Å². The van der Waals surface area contributed by atoms with Gasteiger partial charge in [-0.15, -0.1) is 0 Å². The maximum atomic E-state index is 5.36. The first-order valence-electron chi connectivity index (χ1n) is 6.77. The van der Waals surface area contributed by atoms with Crippen molar-refractivity contribution < 1.29 is 4.74 Å². The zero-order chi connectivity index (χ0) is 12.6. The largest absolute Gasteiger partial charge is 0.381 e. The third-order valence-electron chi connectivity index (χ3n) is 3.07. The summed E-state index contributed by atoms with van der Waals surface area (Å²) in [5.41, 5.74) is 0. The third kappa shape index (κ3) is 4.14. The summed E-state index contributed by atoms with van der Waals surface area (Å²) in [5, 5.41) is 6.53. The first-order chi connectivity index (χ1) is 8.88. The lowest BCUT2D eigenvalue weighted by molar-refractivity contribution is 0.185. The molecule has 0 aliphatic carbocycles. The molecule has 1 saturated heterocycles. The van der Waals surface area contributed by atoms with Crippen LogP contribution < -0.4 is 10.6 Å². The van der Waals surface area contributed by atoms with Crippen LogP contribution in [0.1, 0.15) is 26.2 Å². The molecule has 2 rings (SSSR count). The van der Waals surface area contributed by atoms with Crippen molar-refractivity contribution in [3.8, 4) is 0 Å². The van der Waals surface area contributed by atoms with Crippen LogP contribution in [-0.2, 0) is 4.74 Å². The van der Waals surface area contributed by atoms with E-state index in [0.29, 0.717) is 11.9 Å². The molecule has 0 saturated carbocycles. The summed E-state index contributed by atoms with van der Waals surface area (Å²) in [5.74, 6) is 2.30. The predicted molar refractivity (Wildman–Crippen MR) is 72.8 cm³/mol. The maximum Gasteiger partial charge on any atom is 0.224 e. The molecule has 5 heteroatoms. The highest BCUT2D eigenvalue weighted by molar-refractivity contribution is 5.39. The number of ether oxygens (including phenoxy) is 1. The predicted octanol–water partition coefficient (Wildman–Crippen LogP) is 2.14. The van der Waals surface area contributed by atoms with E-state index in [4.69, 9.17) is 4.74 Å². The Morgan fingerprint density at radius 2 is 2.33 bits per heavy atom. The molecule has 18 heavy (non-hydrogen) atoms. The highest BCUT2D eigenvalue weighted by Crippen LogP contribution is 2.16. The van der Waals surface area contributed by atoms with Crippen LogP contribution in [0.3, 0.4) is 0 Å². The standard InChI is InChI=1S/C13H22N4O/c1-2-6-15-13-16-8-4-12(17-13)14-7-3-11-5-9-18-10-11/h4,8,11H,2-3,5-7,9-10H2,1H3,(H2,14,15,16,17). The molecule has 0 radical (unpaired) electrons. The molecule has 1 aliphatic heterocycles. The fourth-order valence-corrected chi connectivity index (χ4v) is 1.99. The lowest BCUT2D eigenvalue weighted by Crippen LogP contribution is -2.11. The minimum atomic E-state index is 0.700. The van der Waals surface area contributed by atoms with Gasteiger partial charge in [0.25, 0.3) is 0 Å². The Balaban J connectivity index is 1.74. The summed E-state index contributed by atoms with van der Waals surface area (Å²) in [6.45, 7) is 5.80. The van der Waals surface area contributed by atoms with Gasteiger partial charge >= 0.3 is 0 Å². The average molecular weight is 250 g/mol. The number of hydrogen-bond acceptors (Lipinski definition) is 5. The Bertz CT molecular complexity index is 353. The summed E-state index contributed by atoms with van der Waals surface area (Å²) < 4.78 is 5.36. The molecule has 0 amide bonds. The van der Waals surface area contributed by atoms with Gasteiger partial charge in [-0.25, -0.2) is 4.98 Å². The van der Waals surface area contributed by atoms with Crippen LogP contribution in [0.5, 0.6) is 0 Å². The zero-order valence-electron chi connectivity index (χ0n) is 11.0. The Hall–Kier alpha value is -1.36. The van der Waals surface area contributed by atoms with E-state index < -0.39 is 0 Å². The second-order valence-corrected chi connectivity index (χ2v) is 4.64. The Kier molecular flexibility index (Phi) is 5.20. The first kappa shape index (κ1) is 13.1. The second kappa shape index (κ2) is 7.16. The Morgan fingerprint density at radius 1 is 1.39 bits per heavy atom. The van der Waals surface area contributed by atoms with Crippen LogP contribution in [0.25, 0.3) is 0 Å². The van der Waals surface area contributed by atoms with Crippen LogP contribution in [0.15, 0.2) is 12.3 Å². The van der Waals surface area contributed by atoms with E-state index in [1.54, 1.807) is 6.20 Å². The van der Waals surface area contributed by atoms with Gasteiger partial charge in [-0.1, -0.05) is 6.92 Å². The molecule has 1 unspecified atom stereocenters. The summed E-state index contributed by atoms with van der Waals surface area (Å²) in [4.78, 5) is 8.59. The number of rotatable bonds is 7. The monoisotopic (exact) mass is 250 g/mol. The summed E-state index contributed by atoms with van der Waals surface area (Å²) in [7, 11) is 0. The molecule has 2 N–H and O–H groups in total. The summed E-state index contributed by atoms with van der Waals surface area (Å²) >= 11 is 0. The molecule has 100 valence electrons. The van der Waals surface area contributed by atoms with E-state index in [0.717, 1.165) is 45.0 Å². The highest BCUT2D eigenvalue weighted by atomic mass is 16.5. The molecule has 1 fully saturated rings. The number of hydrogen-bond donors (Lipinski definition) is 2. The van der Waals surface area contributed by atoms with E-state index in [2.05, 4.69) is 27.5 Å². The van der Waals surface area contributed by atoms with Gasteiger partial charge in [0.15, 0.2) is 0 Å². The van der Waals surface area contributed by atoms with Crippen molar-refractivity contribution >= 4 is 11.8 Å². The smallest absolute Gasteiger partial charge is 0.224 e. The Labute approximate surface area is 108 Å². The SMILES string of the molecule is CCCNc1nccc(NCCC2CCOC2)n1. The first-order valence-corrected chi connectivity index (χ1v) is 6.77. The maximum absolute atomic E-state index is 5.36. The molecule has 0 spiro atoms. The Morgan fingerprint density at radius 3 is 3.11 bits per heavy atom. The quantitative estimate of drug-likeness (QED) is 0.776. The van der Waals surface area contributed by atoms with Crippen molar-refractivity contribution in [2.24, 2.45) is 5.92 Å². The zero-order valence-corrected chi connectivity index (χ0v) is 11.0. The van der Waals surface area contributed by atoms with Gasteiger partial charge in [-0.2, -0.15) is 4.98 Å². The normalized spacial score (nSPS) is 18.8. The third-order valence-corrected chi connectivity index (χ3v) is 3.07. The molecule has 1 aromatic heterocycles. The lowest BCUT2D eigenvalue weighted by Gasteiger charge is -2.10. The minimum absolute atomic E-state index is 0.700. The number of nitrogens with zero attached hydrogens (tertiary/aromatic N) is 2. The fourth-order valence-electron chi connectivity index (χ4n) is 1.99. The van der Waals surface area contributed by atoms with Crippen molar-refractivity contribution in [1.82, 2.24) is 9.97 Å². The van der Waals surface area contributed by atoms with E-state index in [1.807, 2.05) is 6.07 Å². The van der Waals surface area contributed by atoms with Gasteiger partial charge in [0, 0.05) is 32.5 Å². The number of anilines is 2. The van der Waals surface area contributed by atoms with E-state index >= 15 is 0 Å². The molecule has 1 aliphatic rings. The van der Waals surface area contributed by atoms with Crippen molar-refractivity contribution in [1.29, 1.82) is 0 Å². The van der Waals surface area contributed by atoms with Crippen molar-refractivity contribution in [2.45, 2.75) is 26.2 Å². The average Bonchev–Trinajstić information content (AvgIpc) is 2.90. The molecular formula is C13H22N4O. The van der Waals surface area contributed by atoms with Gasteiger partial charge in [0.2, 0.25) is 5.95 Å². The van der Waals surface area contributed by atoms with Crippen LogP contribution >= 0.6 is 0 Å². The van der Waals surface area contributed by atoms with Gasteiger partial charge in [-0.3, -0.25) is 0 Å². The van der Waals surface area contributed by atoms with Crippen LogP contribution in [-0.4, -0.2) is 36.3 Å².